The van der Waals surface area contributed by atoms with Gasteiger partial charge in [-0.25, -0.2) is 0 Å². The fourth-order valence-corrected chi connectivity index (χ4v) is 6.90. The normalized spacial score (nSPS) is 45.8. The Morgan fingerprint density at radius 2 is 1.96 bits per heavy atom. The Morgan fingerprint density at radius 3 is 2.58 bits per heavy atom. The molecule has 0 heterocycles. The molecule has 138 valence electrons. The zero-order valence-electron chi connectivity index (χ0n) is 16.5. The van der Waals surface area contributed by atoms with Gasteiger partial charge in [0.05, 0.1) is 11.1 Å². The summed E-state index contributed by atoms with van der Waals surface area (Å²) in [5, 5.41) is 4.54. The lowest BCUT2D eigenvalue weighted by molar-refractivity contribution is -0.704. The smallest absolute Gasteiger partial charge is 0.0789 e. The second-order valence-corrected chi connectivity index (χ2v) is 10.0. The van der Waals surface area contributed by atoms with Crippen LogP contribution in [0.1, 0.15) is 66.2 Å². The zero-order valence-corrected chi connectivity index (χ0v) is 16.5. The van der Waals surface area contributed by atoms with Crippen LogP contribution in [0.25, 0.3) is 0 Å². The largest absolute Gasteiger partial charge is 0.474 e. The van der Waals surface area contributed by atoms with E-state index in [-0.39, 0.29) is 5.54 Å². The van der Waals surface area contributed by atoms with E-state index in [1.54, 1.807) is 5.57 Å². The van der Waals surface area contributed by atoms with E-state index in [4.69, 9.17) is 0 Å². The number of hydrogen-bond acceptors (Lipinski definition) is 0. The van der Waals surface area contributed by atoms with Gasteiger partial charge in [0.1, 0.15) is 0 Å². The Bertz CT molecular complexity index is 482. The predicted molar refractivity (Wildman–Crippen MR) is 101 cm³/mol. The van der Waals surface area contributed by atoms with Crippen molar-refractivity contribution in [3.63, 3.8) is 0 Å². The third-order valence-electron chi connectivity index (χ3n) is 8.30. The number of allylic oxidation sites excluding steroid dienone is 1. The minimum atomic E-state index is 0.228. The van der Waals surface area contributed by atoms with Gasteiger partial charge in [-0.15, -0.1) is 0 Å². The Morgan fingerprint density at radius 1 is 1.25 bits per heavy atom. The van der Waals surface area contributed by atoms with Crippen LogP contribution in [0.3, 0.4) is 0 Å². The van der Waals surface area contributed by atoms with Crippen LogP contribution < -0.4 is 10.6 Å². The maximum atomic E-state index is 4.59. The SMILES string of the molecule is C=C1CC[C@]2([NH2+][CH2-])[C@H]3[C@@H](CC[C@H]2C)[C@H](C)C[C@H](CC(C)(C)[NH2+][CH2-])[C@@H]13. The molecule has 3 saturated carbocycles. The van der Waals surface area contributed by atoms with Crippen molar-refractivity contribution < 1.29 is 10.6 Å². The second-order valence-electron chi connectivity index (χ2n) is 10.0. The van der Waals surface area contributed by atoms with Crippen molar-refractivity contribution in [2.24, 2.45) is 35.5 Å². The fourth-order valence-electron chi connectivity index (χ4n) is 6.90. The number of quaternary nitrogens is 2. The average molecular weight is 333 g/mol. The summed E-state index contributed by atoms with van der Waals surface area (Å²) in [5.74, 6) is 4.77. The first kappa shape index (κ1) is 18.5. The lowest BCUT2D eigenvalue weighted by Crippen LogP contribution is -2.98. The minimum absolute atomic E-state index is 0.228. The van der Waals surface area contributed by atoms with Crippen molar-refractivity contribution in [1.82, 2.24) is 0 Å². The second kappa shape index (κ2) is 6.43. The molecule has 2 nitrogen and oxygen atoms in total. The van der Waals surface area contributed by atoms with Crippen molar-refractivity contribution in [3.05, 3.63) is 26.2 Å². The Balaban J connectivity index is 1.99. The molecule has 2 heteroatoms. The van der Waals surface area contributed by atoms with Gasteiger partial charge < -0.3 is 10.6 Å². The summed E-state index contributed by atoms with van der Waals surface area (Å²) in [6.07, 6.45) is 7.95. The van der Waals surface area contributed by atoms with Crippen LogP contribution in [0.15, 0.2) is 12.2 Å². The lowest BCUT2D eigenvalue weighted by Gasteiger charge is -2.62. The van der Waals surface area contributed by atoms with Crippen LogP contribution >= 0.6 is 0 Å². The molecular weight excluding hydrogens is 292 g/mol. The molecule has 0 amide bonds. The predicted octanol–water partition coefficient (Wildman–Crippen LogP) is 2.89. The van der Waals surface area contributed by atoms with E-state index in [1.165, 1.54) is 38.5 Å². The van der Waals surface area contributed by atoms with Gasteiger partial charge >= 0.3 is 0 Å². The molecular formula is C22H40N2. The molecule has 0 aromatic carbocycles. The molecule has 3 fully saturated rings. The zero-order chi connectivity index (χ0) is 17.7. The van der Waals surface area contributed by atoms with Crippen LogP contribution in [0, 0.1) is 49.6 Å². The Labute approximate surface area is 150 Å². The van der Waals surface area contributed by atoms with Gasteiger partial charge in [0.2, 0.25) is 0 Å². The van der Waals surface area contributed by atoms with Crippen LogP contribution in [-0.2, 0) is 0 Å². The molecule has 3 aliphatic carbocycles. The number of nitrogens with two attached hydrogens (primary N) is 2. The molecule has 0 unspecified atom stereocenters. The van der Waals surface area contributed by atoms with Crippen molar-refractivity contribution in [2.75, 3.05) is 0 Å². The standard InChI is InChI=1S/C22H40N2/c1-14-10-11-22(24-7)16(3)8-9-18-15(2)12-17(19(14)20(18)22)13-21(4,5)23-6/h15-20H,1,6-13,23-24H2,2-5H3/t15-,16-,17-,18+,19-,20+,22-/m1/s1. The molecule has 0 aromatic rings. The summed E-state index contributed by atoms with van der Waals surface area (Å²) >= 11 is 0. The maximum absolute atomic E-state index is 4.59. The molecule has 7 atom stereocenters. The fraction of sp³-hybridized carbons (Fsp3) is 0.818. The summed E-state index contributed by atoms with van der Waals surface area (Å²) in [6.45, 7) is 14.3. The molecule has 0 aliphatic heterocycles. The van der Waals surface area contributed by atoms with Gasteiger partial charge in [-0.2, -0.15) is 14.1 Å². The van der Waals surface area contributed by atoms with E-state index in [2.05, 4.69) is 59.0 Å². The van der Waals surface area contributed by atoms with Crippen molar-refractivity contribution in [2.45, 2.75) is 77.3 Å². The van der Waals surface area contributed by atoms with Crippen molar-refractivity contribution >= 4 is 0 Å². The molecule has 4 N–H and O–H groups in total. The summed E-state index contributed by atoms with van der Waals surface area (Å²) in [4.78, 5) is 0. The van der Waals surface area contributed by atoms with Gasteiger partial charge in [0, 0.05) is 24.7 Å². The number of rotatable bonds is 4. The minimum Gasteiger partial charge on any atom is -0.474 e. The monoisotopic (exact) mass is 332 g/mol. The van der Waals surface area contributed by atoms with Gasteiger partial charge in [-0.3, -0.25) is 0 Å². The Hall–Kier alpha value is -0.340. The van der Waals surface area contributed by atoms with Crippen LogP contribution in [-0.4, -0.2) is 11.1 Å². The molecule has 0 aromatic heterocycles. The molecule has 3 aliphatic rings. The summed E-state index contributed by atoms with van der Waals surface area (Å²) in [5.41, 5.74) is 2.14. The van der Waals surface area contributed by atoms with E-state index < -0.39 is 0 Å². The van der Waals surface area contributed by atoms with Crippen molar-refractivity contribution in [1.29, 1.82) is 0 Å². The van der Waals surface area contributed by atoms with Gasteiger partial charge in [-0.1, -0.05) is 26.0 Å². The molecule has 0 spiro atoms. The first-order chi connectivity index (χ1) is 11.3. The highest BCUT2D eigenvalue weighted by atomic mass is 15.0. The molecule has 0 radical (unpaired) electrons. The average Bonchev–Trinajstić information content (AvgIpc) is 2.54. The van der Waals surface area contributed by atoms with Crippen molar-refractivity contribution in [3.8, 4) is 0 Å². The van der Waals surface area contributed by atoms with Gasteiger partial charge in [-0.05, 0) is 63.2 Å². The van der Waals surface area contributed by atoms with E-state index in [9.17, 15) is 0 Å². The third kappa shape index (κ3) is 2.78. The third-order valence-corrected chi connectivity index (χ3v) is 8.30. The van der Waals surface area contributed by atoms with Gasteiger partial charge in [0.15, 0.2) is 0 Å². The Kier molecular flexibility index (Phi) is 4.94. The molecule has 3 rings (SSSR count). The summed E-state index contributed by atoms with van der Waals surface area (Å²) in [6, 6.07) is 0. The van der Waals surface area contributed by atoms with Crippen LogP contribution in [0.4, 0.5) is 0 Å². The highest BCUT2D eigenvalue weighted by molar-refractivity contribution is 5.20. The topological polar surface area (TPSA) is 33.2 Å². The lowest BCUT2D eigenvalue weighted by atomic mass is 9.44. The highest BCUT2D eigenvalue weighted by Gasteiger charge is 2.60. The summed E-state index contributed by atoms with van der Waals surface area (Å²) in [7, 11) is 8.46. The summed E-state index contributed by atoms with van der Waals surface area (Å²) < 4.78 is 0. The molecule has 0 bridgehead atoms. The first-order valence-electron chi connectivity index (χ1n) is 10.2. The van der Waals surface area contributed by atoms with E-state index in [0.717, 1.165) is 29.6 Å². The van der Waals surface area contributed by atoms with Crippen LogP contribution in [0.2, 0.25) is 0 Å². The highest BCUT2D eigenvalue weighted by Crippen LogP contribution is 2.60. The van der Waals surface area contributed by atoms with Crippen LogP contribution in [0.5, 0.6) is 0 Å². The number of hydrogen-bond donors (Lipinski definition) is 2. The molecule has 24 heavy (non-hydrogen) atoms. The van der Waals surface area contributed by atoms with E-state index in [1.807, 2.05) is 0 Å². The quantitative estimate of drug-likeness (QED) is 0.586. The van der Waals surface area contributed by atoms with E-state index in [0.29, 0.717) is 11.5 Å². The first-order valence-corrected chi connectivity index (χ1v) is 10.2. The van der Waals surface area contributed by atoms with E-state index >= 15 is 0 Å². The molecule has 0 saturated heterocycles. The van der Waals surface area contributed by atoms with Gasteiger partial charge in [0.25, 0.3) is 0 Å². The maximum Gasteiger partial charge on any atom is 0.0789 e.